The molecule has 0 atom stereocenters. The van der Waals surface area contributed by atoms with Crippen LogP contribution in [0.1, 0.15) is 50.8 Å². The summed E-state index contributed by atoms with van der Waals surface area (Å²) in [5, 5.41) is 2.98. The normalized spacial score (nSPS) is 13.7. The lowest BCUT2D eigenvalue weighted by molar-refractivity contribution is 0.0652. The zero-order chi connectivity index (χ0) is 22.3. The number of carbonyl (C=O) groups is 3. The Morgan fingerprint density at radius 3 is 2.55 bits per heavy atom. The zero-order valence-electron chi connectivity index (χ0n) is 16.8. The van der Waals surface area contributed by atoms with Gasteiger partial charge in [-0.2, -0.15) is 0 Å². The maximum absolute atomic E-state index is 12.7. The van der Waals surface area contributed by atoms with Gasteiger partial charge in [0, 0.05) is 18.4 Å². The molecule has 0 bridgehead atoms. The van der Waals surface area contributed by atoms with Gasteiger partial charge in [0.15, 0.2) is 15.0 Å². The molecule has 1 aliphatic rings. The number of sulfone groups is 1. The minimum absolute atomic E-state index is 0.177. The molecule has 31 heavy (non-hydrogen) atoms. The van der Waals surface area contributed by atoms with E-state index in [4.69, 9.17) is 0 Å². The Balaban J connectivity index is 1.57. The monoisotopic (exact) mass is 457 g/mol. The van der Waals surface area contributed by atoms with E-state index < -0.39 is 21.7 Å². The molecule has 0 radical (unpaired) electrons. The maximum atomic E-state index is 12.7. The lowest BCUT2D eigenvalue weighted by Crippen LogP contribution is -2.30. The van der Waals surface area contributed by atoms with E-state index in [1.54, 1.807) is 6.07 Å². The molecule has 160 valence electrons. The van der Waals surface area contributed by atoms with Gasteiger partial charge in [0.1, 0.15) is 0 Å². The van der Waals surface area contributed by atoms with Crippen LogP contribution in [-0.4, -0.2) is 48.8 Å². The van der Waals surface area contributed by atoms with Gasteiger partial charge in [-0.3, -0.25) is 24.6 Å². The third kappa shape index (κ3) is 3.96. The van der Waals surface area contributed by atoms with Crippen LogP contribution in [0.3, 0.4) is 0 Å². The molecule has 3 amide bonds. The highest BCUT2D eigenvalue weighted by molar-refractivity contribution is 7.90. The lowest BCUT2D eigenvalue weighted by Gasteiger charge is -2.12. The van der Waals surface area contributed by atoms with E-state index >= 15 is 0 Å². The number of benzene rings is 2. The first-order valence-electron chi connectivity index (χ1n) is 9.61. The standard InChI is InChI=1S/C21H19N3O5S2/c1-3-4-9-24-19(26)14-7-5-12(10-15(14)20(24)27)18(25)23-21-22-16-8-6-13(31(2,28)29)11-17(16)30-21/h5-8,10-11H,3-4,9H2,1-2H3,(H,22,23,25). The number of amides is 3. The second-order valence-electron chi connectivity index (χ2n) is 7.25. The molecule has 8 nitrogen and oxygen atoms in total. The average Bonchev–Trinajstić information content (AvgIpc) is 3.23. The van der Waals surface area contributed by atoms with Crippen LogP contribution in [-0.2, 0) is 9.84 Å². The van der Waals surface area contributed by atoms with Crippen molar-refractivity contribution in [3.05, 3.63) is 53.1 Å². The van der Waals surface area contributed by atoms with Crippen molar-refractivity contribution >= 4 is 54.2 Å². The molecule has 0 spiro atoms. The molecule has 0 unspecified atom stereocenters. The summed E-state index contributed by atoms with van der Waals surface area (Å²) in [6, 6.07) is 8.98. The summed E-state index contributed by atoms with van der Waals surface area (Å²) in [7, 11) is -3.35. The fraction of sp³-hybridized carbons (Fsp3) is 0.238. The lowest BCUT2D eigenvalue weighted by atomic mass is 10.1. The van der Waals surface area contributed by atoms with Crippen LogP contribution in [0.5, 0.6) is 0 Å². The fourth-order valence-electron chi connectivity index (χ4n) is 3.31. The Morgan fingerprint density at radius 1 is 1.10 bits per heavy atom. The molecule has 1 aliphatic heterocycles. The number of thiazole rings is 1. The predicted molar refractivity (Wildman–Crippen MR) is 117 cm³/mol. The molecule has 0 saturated heterocycles. The summed E-state index contributed by atoms with van der Waals surface area (Å²) >= 11 is 1.15. The summed E-state index contributed by atoms with van der Waals surface area (Å²) in [5.41, 5.74) is 1.31. The molecule has 1 aromatic heterocycles. The summed E-state index contributed by atoms with van der Waals surface area (Å²) < 4.78 is 24.1. The largest absolute Gasteiger partial charge is 0.298 e. The maximum Gasteiger partial charge on any atom is 0.261 e. The minimum Gasteiger partial charge on any atom is -0.298 e. The molecule has 2 heterocycles. The third-order valence-corrected chi connectivity index (χ3v) is 7.02. The highest BCUT2D eigenvalue weighted by atomic mass is 32.2. The summed E-state index contributed by atoms with van der Waals surface area (Å²) in [6.45, 7) is 2.33. The number of anilines is 1. The van der Waals surface area contributed by atoms with Gasteiger partial charge in [0.2, 0.25) is 0 Å². The molecule has 4 rings (SSSR count). The number of hydrogen-bond donors (Lipinski definition) is 1. The number of fused-ring (bicyclic) bond motifs is 2. The van der Waals surface area contributed by atoms with E-state index in [9.17, 15) is 22.8 Å². The highest BCUT2D eigenvalue weighted by Gasteiger charge is 2.35. The van der Waals surface area contributed by atoms with Gasteiger partial charge in [0.25, 0.3) is 17.7 Å². The van der Waals surface area contributed by atoms with Gasteiger partial charge in [0.05, 0.1) is 26.2 Å². The van der Waals surface area contributed by atoms with Crippen molar-refractivity contribution in [2.75, 3.05) is 18.1 Å². The Bertz CT molecular complexity index is 1340. The van der Waals surface area contributed by atoms with Crippen LogP contribution in [0.4, 0.5) is 5.13 Å². The van der Waals surface area contributed by atoms with Gasteiger partial charge >= 0.3 is 0 Å². The van der Waals surface area contributed by atoms with Gasteiger partial charge in [-0.15, -0.1) is 0 Å². The minimum atomic E-state index is -3.35. The van der Waals surface area contributed by atoms with Gasteiger partial charge in [-0.1, -0.05) is 24.7 Å². The van der Waals surface area contributed by atoms with E-state index in [1.165, 1.54) is 35.2 Å². The topological polar surface area (TPSA) is 114 Å². The first-order valence-corrected chi connectivity index (χ1v) is 12.3. The highest BCUT2D eigenvalue weighted by Crippen LogP contribution is 2.29. The Labute approximate surface area is 182 Å². The van der Waals surface area contributed by atoms with Gasteiger partial charge in [-0.25, -0.2) is 13.4 Å². The quantitative estimate of drug-likeness (QED) is 0.568. The van der Waals surface area contributed by atoms with E-state index in [0.717, 1.165) is 30.4 Å². The van der Waals surface area contributed by atoms with Crippen LogP contribution in [0.15, 0.2) is 41.3 Å². The predicted octanol–water partition coefficient (Wildman–Crippen LogP) is 3.35. The third-order valence-electron chi connectivity index (χ3n) is 4.98. The molecular formula is C21H19N3O5S2. The molecule has 10 heteroatoms. The molecule has 1 N–H and O–H groups in total. The van der Waals surface area contributed by atoms with Gasteiger partial charge in [-0.05, 0) is 42.8 Å². The summed E-state index contributed by atoms with van der Waals surface area (Å²) in [5.74, 6) is -1.21. The molecule has 0 fully saturated rings. The first-order chi connectivity index (χ1) is 14.7. The van der Waals surface area contributed by atoms with Crippen molar-refractivity contribution in [2.24, 2.45) is 0 Å². The number of nitrogens with zero attached hydrogens (tertiary/aromatic N) is 2. The second-order valence-corrected chi connectivity index (χ2v) is 10.3. The number of aromatic nitrogens is 1. The molecule has 3 aromatic rings. The van der Waals surface area contributed by atoms with E-state index in [-0.39, 0.29) is 21.9 Å². The SMILES string of the molecule is CCCCN1C(=O)c2ccc(C(=O)Nc3nc4ccc(S(C)(=O)=O)cc4s3)cc2C1=O. The van der Waals surface area contributed by atoms with Crippen LogP contribution in [0, 0.1) is 0 Å². The van der Waals surface area contributed by atoms with Crippen molar-refractivity contribution in [3.63, 3.8) is 0 Å². The van der Waals surface area contributed by atoms with Crippen molar-refractivity contribution in [3.8, 4) is 0 Å². The number of carbonyl (C=O) groups excluding carboxylic acids is 3. The Morgan fingerprint density at radius 2 is 1.84 bits per heavy atom. The smallest absolute Gasteiger partial charge is 0.261 e. The Kier molecular flexibility index (Phi) is 5.36. The van der Waals surface area contributed by atoms with Crippen molar-refractivity contribution in [1.29, 1.82) is 0 Å². The average molecular weight is 458 g/mol. The van der Waals surface area contributed by atoms with Crippen molar-refractivity contribution < 1.29 is 22.8 Å². The molecular weight excluding hydrogens is 438 g/mol. The number of unbranched alkanes of at least 4 members (excludes halogenated alkanes) is 1. The number of imide groups is 1. The van der Waals surface area contributed by atoms with Crippen molar-refractivity contribution in [1.82, 2.24) is 9.88 Å². The Hall–Kier alpha value is -3.11. The van der Waals surface area contributed by atoms with Crippen LogP contribution in [0.25, 0.3) is 10.2 Å². The molecule has 0 aliphatic carbocycles. The van der Waals surface area contributed by atoms with Crippen molar-refractivity contribution in [2.45, 2.75) is 24.7 Å². The van der Waals surface area contributed by atoms with E-state index in [2.05, 4.69) is 10.3 Å². The number of hydrogen-bond acceptors (Lipinski definition) is 7. The number of rotatable bonds is 6. The van der Waals surface area contributed by atoms with E-state index in [1.807, 2.05) is 6.92 Å². The summed E-state index contributed by atoms with van der Waals surface area (Å²) in [4.78, 5) is 43.4. The van der Waals surface area contributed by atoms with Gasteiger partial charge < -0.3 is 0 Å². The second kappa shape index (κ2) is 7.86. The van der Waals surface area contributed by atoms with Crippen LogP contribution < -0.4 is 5.32 Å². The zero-order valence-corrected chi connectivity index (χ0v) is 18.5. The van der Waals surface area contributed by atoms with E-state index in [0.29, 0.717) is 27.5 Å². The first kappa shape index (κ1) is 21.1. The number of nitrogens with one attached hydrogen (secondary N) is 1. The fourth-order valence-corrected chi connectivity index (χ4v) is 4.93. The van der Waals surface area contributed by atoms with Crippen LogP contribution >= 0.6 is 11.3 Å². The summed E-state index contributed by atoms with van der Waals surface area (Å²) in [6.07, 6.45) is 2.70. The molecule has 2 aromatic carbocycles. The van der Waals surface area contributed by atoms with Crippen LogP contribution in [0.2, 0.25) is 0 Å². The molecule has 0 saturated carbocycles.